The van der Waals surface area contributed by atoms with Gasteiger partial charge in [0.05, 0.1) is 18.9 Å². The molecule has 0 saturated heterocycles. The van der Waals surface area contributed by atoms with E-state index in [2.05, 4.69) is 26.2 Å². The summed E-state index contributed by atoms with van der Waals surface area (Å²) in [6.45, 7) is 0. The normalized spacial score (nSPS) is 23.4. The first-order valence-corrected chi connectivity index (χ1v) is 7.07. The topological polar surface area (TPSA) is 51.2 Å². The first-order valence-electron chi connectivity index (χ1n) is 6.15. The third-order valence-electron chi connectivity index (χ3n) is 3.25. The van der Waals surface area contributed by atoms with E-state index in [9.17, 15) is 4.79 Å². The van der Waals surface area contributed by atoms with E-state index in [4.69, 9.17) is 4.74 Å². The largest absolute Gasteiger partial charge is 0.494 e. The molecule has 1 N–H and O–H groups in total. The van der Waals surface area contributed by atoms with Crippen molar-refractivity contribution >= 4 is 21.8 Å². The molecule has 1 aliphatic rings. The Morgan fingerprint density at radius 1 is 1.50 bits per heavy atom. The van der Waals surface area contributed by atoms with Crippen molar-refractivity contribution in [2.75, 3.05) is 7.11 Å². The van der Waals surface area contributed by atoms with Crippen LogP contribution in [-0.2, 0) is 0 Å². The molecule has 2 unspecified atom stereocenters. The zero-order valence-electron chi connectivity index (χ0n) is 10.4. The summed E-state index contributed by atoms with van der Waals surface area (Å²) in [5, 5.41) is 3.07. The molecule has 1 aromatic heterocycles. The summed E-state index contributed by atoms with van der Waals surface area (Å²) >= 11 is 3.63. The molecule has 0 aromatic carbocycles. The highest BCUT2D eigenvalue weighted by Crippen LogP contribution is 2.25. The van der Waals surface area contributed by atoms with Gasteiger partial charge >= 0.3 is 0 Å². The maximum atomic E-state index is 12.2. The number of rotatable bonds is 3. The molecular formula is C13H17BrN2O2. The van der Waals surface area contributed by atoms with Gasteiger partial charge in [0.15, 0.2) is 0 Å². The summed E-state index contributed by atoms with van der Waals surface area (Å²) in [7, 11) is 1.54. The predicted molar refractivity (Wildman–Crippen MR) is 73.2 cm³/mol. The fourth-order valence-corrected chi connectivity index (χ4v) is 2.94. The number of amides is 1. The van der Waals surface area contributed by atoms with Crippen LogP contribution in [0, 0.1) is 0 Å². The average Bonchev–Trinajstić information content (AvgIpc) is 2.41. The Morgan fingerprint density at radius 3 is 3.00 bits per heavy atom. The minimum absolute atomic E-state index is 0.0920. The Kier molecular flexibility index (Phi) is 4.58. The van der Waals surface area contributed by atoms with E-state index in [1.54, 1.807) is 25.6 Å². The number of nitrogens with zero attached hydrogens (tertiary/aromatic N) is 1. The van der Waals surface area contributed by atoms with Gasteiger partial charge in [0, 0.05) is 17.1 Å². The molecule has 5 heteroatoms. The smallest absolute Gasteiger partial charge is 0.255 e. The van der Waals surface area contributed by atoms with Crippen LogP contribution < -0.4 is 10.1 Å². The molecule has 1 saturated carbocycles. The number of carbonyl (C=O) groups is 1. The van der Waals surface area contributed by atoms with Crippen molar-refractivity contribution in [3.8, 4) is 5.75 Å². The second-order valence-corrected chi connectivity index (χ2v) is 5.63. The van der Waals surface area contributed by atoms with E-state index in [1.165, 1.54) is 12.8 Å². The number of aromatic nitrogens is 1. The van der Waals surface area contributed by atoms with E-state index in [-0.39, 0.29) is 11.9 Å². The average molecular weight is 313 g/mol. The molecule has 0 aliphatic heterocycles. The predicted octanol–water partition coefficient (Wildman–Crippen LogP) is 2.53. The Bertz CT molecular complexity index is 425. The van der Waals surface area contributed by atoms with Gasteiger partial charge in [-0.2, -0.15) is 0 Å². The van der Waals surface area contributed by atoms with E-state index in [0.717, 1.165) is 12.8 Å². The number of ether oxygens (including phenoxy) is 1. The lowest BCUT2D eigenvalue weighted by molar-refractivity contribution is 0.0926. The second-order valence-electron chi connectivity index (χ2n) is 4.46. The molecule has 0 spiro atoms. The molecule has 1 fully saturated rings. The van der Waals surface area contributed by atoms with Gasteiger partial charge in [0.1, 0.15) is 5.75 Å². The van der Waals surface area contributed by atoms with Gasteiger partial charge in [-0.05, 0) is 18.9 Å². The molecule has 98 valence electrons. The third-order valence-corrected chi connectivity index (χ3v) is 4.34. The quantitative estimate of drug-likeness (QED) is 0.873. The maximum Gasteiger partial charge on any atom is 0.255 e. The molecule has 1 heterocycles. The molecule has 1 aromatic rings. The molecule has 0 radical (unpaired) electrons. The summed E-state index contributed by atoms with van der Waals surface area (Å²) in [6.07, 6.45) is 7.68. The second kappa shape index (κ2) is 6.18. The van der Waals surface area contributed by atoms with Gasteiger partial charge in [0.2, 0.25) is 0 Å². The lowest BCUT2D eigenvalue weighted by Gasteiger charge is -2.28. The van der Waals surface area contributed by atoms with E-state index >= 15 is 0 Å². The fraction of sp³-hybridized carbons (Fsp3) is 0.538. The molecule has 4 nitrogen and oxygen atoms in total. The van der Waals surface area contributed by atoms with Gasteiger partial charge in [-0.3, -0.25) is 9.78 Å². The highest BCUT2D eigenvalue weighted by atomic mass is 79.9. The van der Waals surface area contributed by atoms with Gasteiger partial charge in [-0.25, -0.2) is 0 Å². The first-order chi connectivity index (χ1) is 8.72. The molecule has 1 amide bonds. The number of halogens is 1. The minimum Gasteiger partial charge on any atom is -0.494 e. The van der Waals surface area contributed by atoms with E-state index in [1.807, 2.05) is 0 Å². The molecule has 18 heavy (non-hydrogen) atoms. The number of hydrogen-bond acceptors (Lipinski definition) is 3. The van der Waals surface area contributed by atoms with Crippen LogP contribution >= 0.6 is 15.9 Å². The van der Waals surface area contributed by atoms with Crippen LogP contribution in [0.15, 0.2) is 18.5 Å². The molecule has 0 bridgehead atoms. The zero-order chi connectivity index (χ0) is 13.0. The highest BCUT2D eigenvalue weighted by Gasteiger charge is 2.25. The molecule has 2 atom stereocenters. The summed E-state index contributed by atoms with van der Waals surface area (Å²) in [5.74, 6) is 0.419. The number of methoxy groups -OCH3 is 1. The van der Waals surface area contributed by atoms with E-state index < -0.39 is 0 Å². The van der Waals surface area contributed by atoms with Crippen molar-refractivity contribution in [1.29, 1.82) is 0 Å². The number of pyridine rings is 1. The number of nitrogens with one attached hydrogen (secondary N) is 1. The van der Waals surface area contributed by atoms with Gasteiger partial charge in [-0.1, -0.05) is 28.8 Å². The molecular weight excluding hydrogens is 296 g/mol. The Labute approximate surface area is 115 Å². The Hall–Kier alpha value is -1.10. The van der Waals surface area contributed by atoms with Crippen molar-refractivity contribution in [3.05, 3.63) is 24.0 Å². The van der Waals surface area contributed by atoms with Crippen LogP contribution in [0.3, 0.4) is 0 Å². The summed E-state index contributed by atoms with van der Waals surface area (Å²) in [6, 6.07) is 1.88. The summed E-state index contributed by atoms with van der Waals surface area (Å²) in [5.41, 5.74) is 0.540. The van der Waals surface area contributed by atoms with Crippen LogP contribution in [0.5, 0.6) is 5.75 Å². The van der Waals surface area contributed by atoms with Gasteiger partial charge in [-0.15, -0.1) is 0 Å². The number of alkyl halides is 1. The SMILES string of the molecule is COc1cnccc1C(=O)NC1CCCCC1Br. The van der Waals surface area contributed by atoms with Crippen molar-refractivity contribution in [3.63, 3.8) is 0 Å². The minimum atomic E-state index is -0.0920. The number of carbonyl (C=O) groups excluding carboxylic acids is 1. The third kappa shape index (κ3) is 3.02. The van der Waals surface area contributed by atoms with Crippen molar-refractivity contribution in [1.82, 2.24) is 10.3 Å². The van der Waals surface area contributed by atoms with Gasteiger partial charge < -0.3 is 10.1 Å². The molecule has 1 aliphatic carbocycles. The van der Waals surface area contributed by atoms with Crippen LogP contribution in [0.25, 0.3) is 0 Å². The summed E-state index contributed by atoms with van der Waals surface area (Å²) < 4.78 is 5.15. The Morgan fingerprint density at radius 2 is 2.28 bits per heavy atom. The highest BCUT2D eigenvalue weighted by molar-refractivity contribution is 9.09. The maximum absolute atomic E-state index is 12.2. The van der Waals surface area contributed by atoms with Crippen molar-refractivity contribution < 1.29 is 9.53 Å². The zero-order valence-corrected chi connectivity index (χ0v) is 11.9. The molecule has 2 rings (SSSR count). The van der Waals surface area contributed by atoms with E-state index in [0.29, 0.717) is 16.1 Å². The van der Waals surface area contributed by atoms with Crippen molar-refractivity contribution in [2.45, 2.75) is 36.6 Å². The first kappa shape index (κ1) is 13.3. The van der Waals surface area contributed by atoms with Gasteiger partial charge in [0.25, 0.3) is 5.91 Å². The Balaban J connectivity index is 2.07. The van der Waals surface area contributed by atoms with Crippen LogP contribution in [-0.4, -0.2) is 28.9 Å². The van der Waals surface area contributed by atoms with Crippen LogP contribution in [0.4, 0.5) is 0 Å². The monoisotopic (exact) mass is 312 g/mol. The fourth-order valence-electron chi connectivity index (χ4n) is 2.22. The van der Waals surface area contributed by atoms with Crippen LogP contribution in [0.1, 0.15) is 36.0 Å². The standard InChI is InChI=1S/C13H17BrN2O2/c1-18-12-8-15-7-6-9(12)13(17)16-11-5-3-2-4-10(11)14/h6-8,10-11H,2-5H2,1H3,(H,16,17). The lowest BCUT2D eigenvalue weighted by Crippen LogP contribution is -2.42. The van der Waals surface area contributed by atoms with Crippen molar-refractivity contribution in [2.24, 2.45) is 0 Å². The van der Waals surface area contributed by atoms with Crippen LogP contribution in [0.2, 0.25) is 0 Å². The number of hydrogen-bond donors (Lipinski definition) is 1. The summed E-state index contributed by atoms with van der Waals surface area (Å²) in [4.78, 5) is 16.5. The lowest BCUT2D eigenvalue weighted by atomic mass is 9.95.